The van der Waals surface area contributed by atoms with Crippen molar-refractivity contribution < 1.29 is 8.78 Å². The smallest absolute Gasteiger partial charge is 0.123 e. The van der Waals surface area contributed by atoms with Crippen molar-refractivity contribution in [2.24, 2.45) is 0 Å². The summed E-state index contributed by atoms with van der Waals surface area (Å²) in [6.07, 6.45) is 1.49. The van der Waals surface area contributed by atoms with Crippen molar-refractivity contribution in [1.29, 1.82) is 0 Å². The maximum absolute atomic E-state index is 13.4. The van der Waals surface area contributed by atoms with Gasteiger partial charge in [0.15, 0.2) is 0 Å². The highest BCUT2D eigenvalue weighted by atomic mass is 79.9. The van der Waals surface area contributed by atoms with E-state index < -0.39 is 0 Å². The molecule has 0 aliphatic heterocycles. The highest BCUT2D eigenvalue weighted by Gasteiger charge is 2.12. The monoisotopic (exact) mass is 353 g/mol. The van der Waals surface area contributed by atoms with Gasteiger partial charge < -0.3 is 5.32 Å². The zero-order valence-corrected chi connectivity index (χ0v) is 13.5. The number of hydrogen-bond acceptors (Lipinski definition) is 1. The molecule has 1 atom stereocenters. The van der Waals surface area contributed by atoms with Crippen molar-refractivity contribution in [3.05, 3.63) is 69.7 Å². The summed E-state index contributed by atoms with van der Waals surface area (Å²) in [5, 5.41) is 3.40. The molecule has 2 aromatic carbocycles. The Hall–Kier alpha value is -1.26. The summed E-state index contributed by atoms with van der Waals surface area (Å²) >= 11 is 3.46. The fourth-order valence-electron chi connectivity index (χ4n) is 2.38. The van der Waals surface area contributed by atoms with Crippen LogP contribution in [0.5, 0.6) is 0 Å². The SMILES string of the molecule is CCNC(Cc1ccc(F)cc1)Cc1cc(F)ccc1Br. The van der Waals surface area contributed by atoms with Gasteiger partial charge in [0.25, 0.3) is 0 Å². The molecule has 0 fully saturated rings. The Morgan fingerprint density at radius 1 is 1.00 bits per heavy atom. The Bertz CT molecular complexity index is 584. The van der Waals surface area contributed by atoms with E-state index in [2.05, 4.69) is 21.2 Å². The lowest BCUT2D eigenvalue weighted by molar-refractivity contribution is 0.518. The van der Waals surface area contributed by atoms with Gasteiger partial charge in [-0.2, -0.15) is 0 Å². The molecular weight excluding hydrogens is 336 g/mol. The molecule has 0 saturated heterocycles. The van der Waals surface area contributed by atoms with Crippen LogP contribution in [0.15, 0.2) is 46.9 Å². The number of hydrogen-bond donors (Lipinski definition) is 1. The first kappa shape index (κ1) is 16.1. The number of nitrogens with one attached hydrogen (secondary N) is 1. The Morgan fingerprint density at radius 3 is 2.33 bits per heavy atom. The maximum Gasteiger partial charge on any atom is 0.123 e. The van der Waals surface area contributed by atoms with E-state index in [4.69, 9.17) is 0 Å². The van der Waals surface area contributed by atoms with Crippen LogP contribution in [0, 0.1) is 11.6 Å². The van der Waals surface area contributed by atoms with E-state index in [1.807, 2.05) is 6.92 Å². The van der Waals surface area contributed by atoms with Gasteiger partial charge in [-0.25, -0.2) is 8.78 Å². The van der Waals surface area contributed by atoms with Crippen LogP contribution in [0.4, 0.5) is 8.78 Å². The molecule has 1 unspecified atom stereocenters. The molecule has 0 spiro atoms. The van der Waals surface area contributed by atoms with Crippen LogP contribution in [0.3, 0.4) is 0 Å². The molecule has 21 heavy (non-hydrogen) atoms. The van der Waals surface area contributed by atoms with E-state index in [0.29, 0.717) is 6.42 Å². The van der Waals surface area contributed by atoms with Gasteiger partial charge in [0.2, 0.25) is 0 Å². The normalized spacial score (nSPS) is 12.4. The Morgan fingerprint density at radius 2 is 1.67 bits per heavy atom. The van der Waals surface area contributed by atoms with E-state index in [-0.39, 0.29) is 17.7 Å². The molecule has 0 bridgehead atoms. The second kappa shape index (κ2) is 7.66. The summed E-state index contributed by atoms with van der Waals surface area (Å²) in [6, 6.07) is 11.4. The number of rotatable bonds is 6. The Kier molecular flexibility index (Phi) is 5.88. The fourth-order valence-corrected chi connectivity index (χ4v) is 2.78. The van der Waals surface area contributed by atoms with E-state index >= 15 is 0 Å². The van der Waals surface area contributed by atoms with E-state index in [0.717, 1.165) is 28.6 Å². The molecular formula is C17H18BrF2N. The van der Waals surface area contributed by atoms with E-state index in [1.165, 1.54) is 18.2 Å². The molecule has 112 valence electrons. The van der Waals surface area contributed by atoms with Crippen LogP contribution in [-0.4, -0.2) is 12.6 Å². The molecule has 0 aliphatic rings. The predicted octanol–water partition coefficient (Wildman–Crippen LogP) is 4.49. The van der Waals surface area contributed by atoms with E-state index in [1.54, 1.807) is 24.3 Å². The fraction of sp³-hybridized carbons (Fsp3) is 0.294. The van der Waals surface area contributed by atoms with E-state index in [9.17, 15) is 8.78 Å². The number of likely N-dealkylation sites (N-methyl/N-ethyl adjacent to an activating group) is 1. The first-order valence-corrected chi connectivity index (χ1v) is 7.79. The zero-order chi connectivity index (χ0) is 15.2. The van der Waals surface area contributed by atoms with Crippen LogP contribution in [-0.2, 0) is 12.8 Å². The molecule has 0 aliphatic carbocycles. The van der Waals surface area contributed by atoms with Crippen molar-refractivity contribution in [3.8, 4) is 0 Å². The van der Waals surface area contributed by atoms with Gasteiger partial charge in [0, 0.05) is 10.5 Å². The zero-order valence-electron chi connectivity index (χ0n) is 11.9. The topological polar surface area (TPSA) is 12.0 Å². The molecule has 0 saturated carbocycles. The second-order valence-corrected chi connectivity index (χ2v) is 5.88. The molecule has 2 aromatic rings. The minimum absolute atomic E-state index is 0.179. The molecule has 0 heterocycles. The third-order valence-electron chi connectivity index (χ3n) is 3.36. The molecule has 2 rings (SSSR count). The van der Waals surface area contributed by atoms with Crippen molar-refractivity contribution in [3.63, 3.8) is 0 Å². The van der Waals surface area contributed by atoms with Gasteiger partial charge in [-0.15, -0.1) is 0 Å². The lowest BCUT2D eigenvalue weighted by atomic mass is 9.99. The summed E-state index contributed by atoms with van der Waals surface area (Å²) in [4.78, 5) is 0. The Balaban J connectivity index is 2.11. The van der Waals surface area contributed by atoms with Crippen LogP contribution in [0.1, 0.15) is 18.1 Å². The van der Waals surface area contributed by atoms with Crippen LogP contribution in [0.25, 0.3) is 0 Å². The highest BCUT2D eigenvalue weighted by molar-refractivity contribution is 9.10. The van der Waals surface area contributed by atoms with Crippen molar-refractivity contribution >= 4 is 15.9 Å². The predicted molar refractivity (Wildman–Crippen MR) is 85.4 cm³/mol. The largest absolute Gasteiger partial charge is 0.314 e. The van der Waals surface area contributed by atoms with Crippen LogP contribution in [0.2, 0.25) is 0 Å². The number of benzene rings is 2. The van der Waals surface area contributed by atoms with Gasteiger partial charge in [0.1, 0.15) is 11.6 Å². The lowest BCUT2D eigenvalue weighted by Crippen LogP contribution is -2.33. The van der Waals surface area contributed by atoms with Gasteiger partial charge in [-0.3, -0.25) is 0 Å². The van der Waals surface area contributed by atoms with Gasteiger partial charge in [0.05, 0.1) is 0 Å². The maximum atomic E-state index is 13.4. The summed E-state index contributed by atoms with van der Waals surface area (Å²) < 4.78 is 27.2. The molecule has 1 N–H and O–H groups in total. The quantitative estimate of drug-likeness (QED) is 0.806. The first-order chi connectivity index (χ1) is 10.1. The molecule has 0 aromatic heterocycles. The average molecular weight is 354 g/mol. The lowest BCUT2D eigenvalue weighted by Gasteiger charge is -2.19. The molecule has 1 nitrogen and oxygen atoms in total. The average Bonchev–Trinajstić information content (AvgIpc) is 2.45. The minimum atomic E-state index is -0.231. The summed E-state index contributed by atoms with van der Waals surface area (Å²) in [5.41, 5.74) is 2.00. The Labute approximate surface area is 132 Å². The summed E-state index contributed by atoms with van der Waals surface area (Å²) in [6.45, 7) is 2.87. The van der Waals surface area contributed by atoms with Crippen LogP contribution < -0.4 is 5.32 Å². The minimum Gasteiger partial charge on any atom is -0.314 e. The first-order valence-electron chi connectivity index (χ1n) is 7.00. The van der Waals surface area contributed by atoms with Gasteiger partial charge in [-0.1, -0.05) is 35.0 Å². The standard InChI is InChI=1S/C17H18BrF2N/c1-2-21-16(9-12-3-5-14(19)6-4-12)11-13-10-15(20)7-8-17(13)18/h3-8,10,16,21H,2,9,11H2,1H3. The third-order valence-corrected chi connectivity index (χ3v) is 4.14. The highest BCUT2D eigenvalue weighted by Crippen LogP contribution is 2.20. The molecule has 4 heteroatoms. The van der Waals surface area contributed by atoms with Gasteiger partial charge >= 0.3 is 0 Å². The van der Waals surface area contributed by atoms with Crippen molar-refractivity contribution in [2.75, 3.05) is 6.54 Å². The molecule has 0 radical (unpaired) electrons. The third kappa shape index (κ3) is 4.90. The summed E-state index contributed by atoms with van der Waals surface area (Å²) in [7, 11) is 0. The second-order valence-electron chi connectivity index (χ2n) is 5.03. The summed E-state index contributed by atoms with van der Waals surface area (Å²) in [5.74, 6) is -0.461. The van der Waals surface area contributed by atoms with Gasteiger partial charge in [-0.05, 0) is 60.8 Å². The molecule has 0 amide bonds. The van der Waals surface area contributed by atoms with Crippen molar-refractivity contribution in [2.45, 2.75) is 25.8 Å². The number of halogens is 3. The van der Waals surface area contributed by atoms with Crippen molar-refractivity contribution in [1.82, 2.24) is 5.32 Å². The van der Waals surface area contributed by atoms with Crippen LogP contribution >= 0.6 is 15.9 Å².